The van der Waals surface area contributed by atoms with Crippen molar-refractivity contribution in [1.29, 1.82) is 0 Å². The van der Waals surface area contributed by atoms with Gasteiger partial charge in [-0.15, -0.1) is 11.3 Å². The topological polar surface area (TPSA) is 84.1 Å². The van der Waals surface area contributed by atoms with E-state index >= 15 is 4.39 Å². The van der Waals surface area contributed by atoms with E-state index in [1.807, 2.05) is 6.92 Å². The molecule has 2 aromatic heterocycles. The maximum atomic E-state index is 15.2. The maximum Gasteiger partial charge on any atom is 0.263 e. The standard InChI is InChI=1S/C25H28FN5OS/c1-13-10-28-22-21(27)23(33-25(22)29-13)24(32)30-17-5-4-16-7-18(9-20(26)19(16)8-17)31-11-14-2-3-15(6-14)12-31/h7,9-10,14-15,17H,2-6,8,11-12,27H2,1H3,(H,30,32)/t14?,15?,17-/m1/s1. The van der Waals surface area contributed by atoms with Crippen LogP contribution in [0.3, 0.4) is 0 Å². The Kier molecular flexibility index (Phi) is 5.01. The van der Waals surface area contributed by atoms with Gasteiger partial charge in [0.15, 0.2) is 0 Å². The number of carbonyl (C=O) groups excluding carboxylic acids is 1. The van der Waals surface area contributed by atoms with Gasteiger partial charge in [0.25, 0.3) is 5.91 Å². The summed E-state index contributed by atoms with van der Waals surface area (Å²) in [6, 6.07) is 3.77. The molecular weight excluding hydrogens is 437 g/mol. The van der Waals surface area contributed by atoms with Crippen molar-refractivity contribution in [1.82, 2.24) is 15.3 Å². The van der Waals surface area contributed by atoms with E-state index in [4.69, 9.17) is 5.73 Å². The first-order chi connectivity index (χ1) is 15.9. The molecule has 8 heteroatoms. The molecule has 3 aromatic rings. The number of benzene rings is 1. The molecule has 33 heavy (non-hydrogen) atoms. The van der Waals surface area contributed by atoms with Crippen molar-refractivity contribution >= 4 is 39.0 Å². The van der Waals surface area contributed by atoms with Gasteiger partial charge in [0.2, 0.25) is 0 Å². The molecule has 1 aromatic carbocycles. The Morgan fingerprint density at radius 3 is 2.82 bits per heavy atom. The smallest absolute Gasteiger partial charge is 0.263 e. The van der Waals surface area contributed by atoms with Crippen LogP contribution in [-0.4, -0.2) is 35.0 Å². The van der Waals surface area contributed by atoms with E-state index < -0.39 is 0 Å². The molecule has 6 nitrogen and oxygen atoms in total. The number of nitrogens with two attached hydrogens (primary N) is 1. The Labute approximate surface area is 196 Å². The van der Waals surface area contributed by atoms with E-state index in [9.17, 15) is 4.79 Å². The molecule has 0 radical (unpaired) electrons. The van der Waals surface area contributed by atoms with Gasteiger partial charge in [-0.3, -0.25) is 4.79 Å². The minimum Gasteiger partial charge on any atom is -0.396 e. The second-order valence-electron chi connectivity index (χ2n) is 9.94. The van der Waals surface area contributed by atoms with Gasteiger partial charge < -0.3 is 16.0 Å². The molecule has 172 valence electrons. The van der Waals surface area contributed by atoms with E-state index in [0.717, 1.165) is 60.3 Å². The first-order valence-electron chi connectivity index (χ1n) is 11.8. The van der Waals surface area contributed by atoms with Crippen LogP contribution in [0.5, 0.6) is 0 Å². The minimum atomic E-state index is -0.232. The molecule has 3 aliphatic rings. The molecule has 3 N–H and O–H groups in total. The molecule has 6 rings (SSSR count). The summed E-state index contributed by atoms with van der Waals surface area (Å²) in [6.45, 7) is 3.96. The average Bonchev–Trinajstić information content (AvgIpc) is 3.31. The van der Waals surface area contributed by atoms with Crippen molar-refractivity contribution in [3.05, 3.63) is 45.8 Å². The van der Waals surface area contributed by atoms with Crippen LogP contribution in [0.2, 0.25) is 0 Å². The van der Waals surface area contributed by atoms with Crippen LogP contribution in [0.4, 0.5) is 15.8 Å². The highest BCUT2D eigenvalue weighted by Crippen LogP contribution is 2.39. The number of fused-ring (bicyclic) bond motifs is 4. The summed E-state index contributed by atoms with van der Waals surface area (Å²) < 4.78 is 15.2. The Hall–Kier alpha value is -2.74. The fourth-order valence-corrected chi connectivity index (χ4v) is 6.92. The van der Waals surface area contributed by atoms with Gasteiger partial charge in [-0.2, -0.15) is 0 Å². The minimum absolute atomic E-state index is 0.122. The van der Waals surface area contributed by atoms with Gasteiger partial charge in [0.1, 0.15) is 21.0 Å². The predicted molar refractivity (Wildman–Crippen MR) is 129 cm³/mol. The second-order valence-corrected chi connectivity index (χ2v) is 10.9. The van der Waals surface area contributed by atoms with Crippen molar-refractivity contribution in [3.63, 3.8) is 0 Å². The number of nitrogens with zero attached hydrogens (tertiary/aromatic N) is 3. The molecule has 1 saturated carbocycles. The number of aromatic nitrogens is 2. The molecule has 1 saturated heterocycles. The monoisotopic (exact) mass is 465 g/mol. The summed E-state index contributed by atoms with van der Waals surface area (Å²) in [5, 5.41) is 3.08. The van der Waals surface area contributed by atoms with Crippen LogP contribution < -0.4 is 16.0 Å². The summed E-state index contributed by atoms with van der Waals surface area (Å²) in [4.78, 5) is 25.2. The summed E-state index contributed by atoms with van der Waals surface area (Å²) >= 11 is 1.26. The number of hydrogen-bond donors (Lipinski definition) is 2. The molecular formula is C25H28FN5OS. The largest absolute Gasteiger partial charge is 0.396 e. The summed E-state index contributed by atoms with van der Waals surface area (Å²) in [7, 11) is 0. The fraction of sp³-hybridized carbons (Fsp3) is 0.480. The number of halogens is 1. The van der Waals surface area contributed by atoms with Gasteiger partial charge in [0.05, 0.1) is 11.4 Å². The highest BCUT2D eigenvalue weighted by Gasteiger charge is 2.34. The molecule has 2 aliphatic carbocycles. The van der Waals surface area contributed by atoms with Crippen molar-refractivity contribution in [3.8, 4) is 0 Å². The highest BCUT2D eigenvalue weighted by molar-refractivity contribution is 7.21. The number of amides is 1. The van der Waals surface area contributed by atoms with Crippen LogP contribution >= 0.6 is 11.3 Å². The molecule has 1 aliphatic heterocycles. The average molecular weight is 466 g/mol. The number of nitrogens with one attached hydrogen (secondary N) is 1. The Morgan fingerprint density at radius 2 is 2.03 bits per heavy atom. The van der Waals surface area contributed by atoms with Crippen molar-refractivity contribution in [2.24, 2.45) is 11.8 Å². The zero-order valence-corrected chi connectivity index (χ0v) is 19.6. The molecule has 3 atom stereocenters. The molecule has 1 amide bonds. The first kappa shape index (κ1) is 20.8. The molecule has 2 unspecified atom stereocenters. The van der Waals surface area contributed by atoms with E-state index in [1.165, 1.54) is 30.6 Å². The molecule has 3 heterocycles. The van der Waals surface area contributed by atoms with Gasteiger partial charge >= 0.3 is 0 Å². The number of nitrogen functional groups attached to an aromatic ring is 1. The van der Waals surface area contributed by atoms with Crippen molar-refractivity contribution in [2.75, 3.05) is 23.7 Å². The van der Waals surface area contributed by atoms with Crippen LogP contribution in [0.15, 0.2) is 18.3 Å². The van der Waals surface area contributed by atoms with Crippen LogP contribution in [0, 0.1) is 24.6 Å². The van der Waals surface area contributed by atoms with Crippen molar-refractivity contribution in [2.45, 2.75) is 51.5 Å². The number of thiophene rings is 1. The van der Waals surface area contributed by atoms with Gasteiger partial charge in [-0.25, -0.2) is 14.4 Å². The quantitative estimate of drug-likeness (QED) is 0.604. The highest BCUT2D eigenvalue weighted by atomic mass is 32.1. The first-order valence-corrected chi connectivity index (χ1v) is 12.6. The van der Waals surface area contributed by atoms with E-state index in [0.29, 0.717) is 27.3 Å². The van der Waals surface area contributed by atoms with E-state index in [-0.39, 0.29) is 17.8 Å². The predicted octanol–water partition coefficient (Wildman–Crippen LogP) is 4.24. The van der Waals surface area contributed by atoms with E-state index in [1.54, 1.807) is 12.3 Å². The number of rotatable bonds is 3. The number of anilines is 2. The third-order valence-corrected chi connectivity index (χ3v) is 8.65. The van der Waals surface area contributed by atoms with Gasteiger partial charge in [-0.1, -0.05) is 0 Å². The number of hydrogen-bond acceptors (Lipinski definition) is 6. The summed E-state index contributed by atoms with van der Waals surface area (Å²) in [5.41, 5.74) is 10.7. The van der Waals surface area contributed by atoms with E-state index in [2.05, 4.69) is 26.3 Å². The normalized spacial score (nSPS) is 24.2. The lowest BCUT2D eigenvalue weighted by atomic mass is 9.87. The third-order valence-electron chi connectivity index (χ3n) is 7.56. The van der Waals surface area contributed by atoms with Crippen LogP contribution in [-0.2, 0) is 12.8 Å². The zero-order valence-electron chi connectivity index (χ0n) is 18.7. The van der Waals surface area contributed by atoms with Gasteiger partial charge in [-0.05, 0) is 80.5 Å². The fourth-order valence-electron chi connectivity index (χ4n) is 5.92. The van der Waals surface area contributed by atoms with Crippen molar-refractivity contribution < 1.29 is 9.18 Å². The number of aryl methyl sites for hydroxylation is 2. The SMILES string of the molecule is Cc1cnc2c(N)c(C(=O)N[C@@H]3CCc4cc(N5CC6CCC(C6)C5)cc(F)c4C3)sc2n1. The molecule has 2 fully saturated rings. The lowest BCUT2D eigenvalue weighted by Gasteiger charge is -2.35. The number of carbonyl (C=O) groups is 1. The Balaban J connectivity index is 1.19. The molecule has 2 bridgehead atoms. The lowest BCUT2D eigenvalue weighted by Crippen LogP contribution is -2.39. The maximum absolute atomic E-state index is 15.2. The summed E-state index contributed by atoms with van der Waals surface area (Å²) in [6.07, 6.45) is 7.65. The Bertz CT molecular complexity index is 1250. The van der Waals surface area contributed by atoms with Crippen LogP contribution in [0.25, 0.3) is 10.3 Å². The van der Waals surface area contributed by atoms with Gasteiger partial charge in [0, 0.05) is 31.0 Å². The Morgan fingerprint density at radius 1 is 1.24 bits per heavy atom. The molecule has 0 spiro atoms. The summed E-state index contributed by atoms with van der Waals surface area (Å²) in [5.74, 6) is 1.14. The second kappa shape index (κ2) is 7.94. The zero-order chi connectivity index (χ0) is 22.7. The number of piperidine rings is 1. The lowest BCUT2D eigenvalue weighted by molar-refractivity contribution is 0.0938. The van der Waals surface area contributed by atoms with Crippen LogP contribution in [0.1, 0.15) is 52.2 Å². The third kappa shape index (κ3) is 3.74.